The van der Waals surface area contributed by atoms with E-state index in [1.165, 1.54) is 11.8 Å². The summed E-state index contributed by atoms with van der Waals surface area (Å²) in [5.41, 5.74) is 0.905. The van der Waals surface area contributed by atoms with Gasteiger partial charge in [0.15, 0.2) is 5.16 Å². The second kappa shape index (κ2) is 10.4. The molecule has 9 nitrogen and oxygen atoms in total. The Hall–Kier alpha value is -2.46. The average molecular weight is 365 g/mol. The number of allylic oxidation sites excluding steroid dienone is 1. The molecule has 0 saturated heterocycles. The lowest BCUT2D eigenvalue weighted by Crippen LogP contribution is -2.12. The zero-order chi connectivity index (χ0) is 18.8. The molecule has 136 valence electrons. The molecule has 0 fully saturated rings. The van der Waals surface area contributed by atoms with Crippen LogP contribution < -0.4 is 10.6 Å². The van der Waals surface area contributed by atoms with Crippen LogP contribution in [0.4, 0.5) is 5.95 Å². The number of carboxylic acids is 1. The van der Waals surface area contributed by atoms with Crippen LogP contribution in [-0.2, 0) is 17.9 Å². The van der Waals surface area contributed by atoms with Gasteiger partial charge >= 0.3 is 0 Å². The Balaban J connectivity index is 0.000000705. The van der Waals surface area contributed by atoms with Gasteiger partial charge in [-0.2, -0.15) is 0 Å². The highest BCUT2D eigenvalue weighted by atomic mass is 32.2. The first-order chi connectivity index (χ1) is 11.9. The maximum atomic E-state index is 9.00. The third-order valence-electron chi connectivity index (χ3n) is 2.69. The van der Waals surface area contributed by atoms with Crippen LogP contribution in [0.15, 0.2) is 28.9 Å². The summed E-state index contributed by atoms with van der Waals surface area (Å²) in [5.74, 6) is 0.641. The Labute approximate surface area is 151 Å². The Kier molecular flexibility index (Phi) is 8.57. The summed E-state index contributed by atoms with van der Waals surface area (Å²) in [7, 11) is 3.68. The highest BCUT2D eigenvalue weighted by molar-refractivity contribution is 7.99. The SMILES string of the molecule is C=CCn1c(CNC)nnc1Sc1cc(C)nc(NC)n1.CC(=O)O. The number of aromatic nitrogens is 5. The standard InChI is InChI=1S/C13H19N7S.C2H4O2/c1-5-6-20-10(8-14-3)18-19-13(20)21-11-7-9(2)16-12(15-4)17-11;1-2(3)4/h5,7,14H,1,6,8H2,2-4H3,(H,15,16,17);1H3,(H,3,4). The summed E-state index contributed by atoms with van der Waals surface area (Å²) >= 11 is 1.47. The van der Waals surface area contributed by atoms with Gasteiger partial charge in [-0.05, 0) is 31.8 Å². The number of nitrogens with one attached hydrogen (secondary N) is 2. The Morgan fingerprint density at radius 2 is 2.08 bits per heavy atom. The van der Waals surface area contributed by atoms with Crippen molar-refractivity contribution in [1.82, 2.24) is 30.0 Å². The molecule has 2 aromatic rings. The number of aryl methyl sites for hydroxylation is 1. The van der Waals surface area contributed by atoms with E-state index in [0.29, 0.717) is 19.0 Å². The van der Waals surface area contributed by atoms with E-state index in [1.54, 1.807) is 7.05 Å². The Morgan fingerprint density at radius 1 is 1.40 bits per heavy atom. The third-order valence-corrected chi connectivity index (χ3v) is 3.59. The molecule has 0 amide bonds. The normalized spacial score (nSPS) is 9.92. The van der Waals surface area contributed by atoms with Crippen molar-refractivity contribution in [2.45, 2.75) is 37.1 Å². The Morgan fingerprint density at radius 3 is 2.64 bits per heavy atom. The van der Waals surface area contributed by atoms with Crippen LogP contribution in [0.2, 0.25) is 0 Å². The van der Waals surface area contributed by atoms with E-state index in [1.807, 2.05) is 30.7 Å². The minimum atomic E-state index is -0.833. The largest absolute Gasteiger partial charge is 0.481 e. The van der Waals surface area contributed by atoms with Crippen LogP contribution >= 0.6 is 11.8 Å². The van der Waals surface area contributed by atoms with Gasteiger partial charge < -0.3 is 20.3 Å². The molecule has 0 aliphatic rings. The Bertz CT molecular complexity index is 714. The first-order valence-electron chi connectivity index (χ1n) is 7.49. The molecule has 0 bridgehead atoms. The molecule has 2 rings (SSSR count). The van der Waals surface area contributed by atoms with Crippen LogP contribution in [0.5, 0.6) is 0 Å². The molecule has 2 aromatic heterocycles. The molecule has 0 aliphatic heterocycles. The zero-order valence-corrected chi connectivity index (χ0v) is 15.6. The van der Waals surface area contributed by atoms with Gasteiger partial charge in [-0.1, -0.05) is 6.08 Å². The quantitative estimate of drug-likeness (QED) is 0.496. The van der Waals surface area contributed by atoms with Gasteiger partial charge in [0.2, 0.25) is 5.95 Å². The summed E-state index contributed by atoms with van der Waals surface area (Å²) in [5, 5.41) is 23.5. The van der Waals surface area contributed by atoms with E-state index in [4.69, 9.17) is 9.90 Å². The van der Waals surface area contributed by atoms with E-state index >= 15 is 0 Å². The minimum Gasteiger partial charge on any atom is -0.481 e. The molecule has 0 radical (unpaired) electrons. The van der Waals surface area contributed by atoms with Crippen LogP contribution in [0, 0.1) is 6.92 Å². The molecule has 25 heavy (non-hydrogen) atoms. The summed E-state index contributed by atoms with van der Waals surface area (Å²) in [6.45, 7) is 8.13. The van der Waals surface area contributed by atoms with Crippen LogP contribution in [-0.4, -0.2) is 49.9 Å². The number of rotatable bonds is 7. The van der Waals surface area contributed by atoms with Gasteiger partial charge in [-0.3, -0.25) is 4.79 Å². The molecule has 0 atom stereocenters. The number of anilines is 1. The van der Waals surface area contributed by atoms with Crippen LogP contribution in [0.3, 0.4) is 0 Å². The lowest BCUT2D eigenvalue weighted by molar-refractivity contribution is -0.134. The van der Waals surface area contributed by atoms with Crippen molar-refractivity contribution < 1.29 is 9.90 Å². The molecule has 10 heteroatoms. The fraction of sp³-hybridized carbons (Fsp3) is 0.400. The molecule has 0 aliphatic carbocycles. The third kappa shape index (κ3) is 6.89. The fourth-order valence-electron chi connectivity index (χ4n) is 1.79. The van der Waals surface area contributed by atoms with Gasteiger partial charge in [0.25, 0.3) is 5.97 Å². The van der Waals surface area contributed by atoms with Crippen molar-refractivity contribution in [3.05, 3.63) is 30.2 Å². The molecule has 0 saturated carbocycles. The highest BCUT2D eigenvalue weighted by Crippen LogP contribution is 2.26. The summed E-state index contributed by atoms with van der Waals surface area (Å²) in [6.07, 6.45) is 1.83. The van der Waals surface area contributed by atoms with E-state index in [2.05, 4.69) is 37.4 Å². The number of carboxylic acid groups (broad SMARTS) is 1. The first kappa shape index (κ1) is 20.6. The molecular weight excluding hydrogens is 342 g/mol. The number of aliphatic carboxylic acids is 1. The van der Waals surface area contributed by atoms with Gasteiger partial charge in [-0.25, -0.2) is 9.97 Å². The predicted molar refractivity (Wildman–Crippen MR) is 96.7 cm³/mol. The van der Waals surface area contributed by atoms with Gasteiger partial charge in [0.05, 0.1) is 6.54 Å². The smallest absolute Gasteiger partial charge is 0.300 e. The van der Waals surface area contributed by atoms with Crippen molar-refractivity contribution in [1.29, 1.82) is 0 Å². The van der Waals surface area contributed by atoms with Crippen molar-refractivity contribution in [3.8, 4) is 0 Å². The molecule has 0 unspecified atom stereocenters. The lowest BCUT2D eigenvalue weighted by atomic mass is 10.5. The number of carbonyl (C=O) groups is 1. The molecule has 3 N–H and O–H groups in total. The van der Waals surface area contributed by atoms with Crippen LogP contribution in [0.25, 0.3) is 0 Å². The van der Waals surface area contributed by atoms with E-state index in [-0.39, 0.29) is 0 Å². The summed E-state index contributed by atoms with van der Waals surface area (Å²) < 4.78 is 2.02. The van der Waals surface area contributed by atoms with Gasteiger partial charge in [0.1, 0.15) is 10.9 Å². The minimum absolute atomic E-state index is 0.600. The zero-order valence-electron chi connectivity index (χ0n) is 14.8. The van der Waals surface area contributed by atoms with Crippen molar-refractivity contribution in [2.24, 2.45) is 0 Å². The van der Waals surface area contributed by atoms with Gasteiger partial charge in [0, 0.05) is 26.2 Å². The van der Waals surface area contributed by atoms with Crippen LogP contribution in [0.1, 0.15) is 18.4 Å². The molecule has 0 aromatic carbocycles. The van der Waals surface area contributed by atoms with Gasteiger partial charge in [-0.15, -0.1) is 16.8 Å². The summed E-state index contributed by atoms with van der Waals surface area (Å²) in [4.78, 5) is 17.7. The second-order valence-corrected chi connectivity index (χ2v) is 5.86. The highest BCUT2D eigenvalue weighted by Gasteiger charge is 2.13. The molecule has 2 heterocycles. The topological polar surface area (TPSA) is 118 Å². The monoisotopic (exact) mass is 365 g/mol. The second-order valence-electron chi connectivity index (χ2n) is 4.87. The van der Waals surface area contributed by atoms with E-state index in [9.17, 15) is 0 Å². The van der Waals surface area contributed by atoms with Crippen molar-refractivity contribution in [3.63, 3.8) is 0 Å². The van der Waals surface area contributed by atoms with E-state index in [0.717, 1.165) is 28.6 Å². The molecular formula is C15H23N7O2S. The van der Waals surface area contributed by atoms with E-state index < -0.39 is 5.97 Å². The maximum Gasteiger partial charge on any atom is 0.300 e. The number of hydrogen-bond acceptors (Lipinski definition) is 8. The van der Waals surface area contributed by atoms with Crippen molar-refractivity contribution in [2.75, 3.05) is 19.4 Å². The molecule has 0 spiro atoms. The first-order valence-corrected chi connectivity index (χ1v) is 8.31. The maximum absolute atomic E-state index is 9.00. The fourth-order valence-corrected chi connectivity index (χ4v) is 2.71. The predicted octanol–water partition coefficient (Wildman–Crippen LogP) is 1.57. The van der Waals surface area contributed by atoms with Crippen molar-refractivity contribution >= 4 is 23.7 Å². The number of nitrogens with zero attached hydrogens (tertiary/aromatic N) is 5. The number of hydrogen-bond donors (Lipinski definition) is 3. The average Bonchev–Trinajstić information content (AvgIpc) is 2.89. The summed E-state index contributed by atoms with van der Waals surface area (Å²) in [6, 6.07) is 1.93. The lowest BCUT2D eigenvalue weighted by Gasteiger charge is -2.08.